The lowest BCUT2D eigenvalue weighted by Gasteiger charge is -2.29. The Morgan fingerprint density at radius 3 is 1.38 bits per heavy atom. The molecule has 3 rings (SSSR count). The van der Waals surface area contributed by atoms with E-state index in [0.717, 1.165) is 11.1 Å². The molecule has 0 N–H and O–H groups in total. The van der Waals surface area contributed by atoms with Gasteiger partial charge in [-0.25, -0.2) is 0 Å². The minimum atomic E-state index is -0.579. The van der Waals surface area contributed by atoms with Crippen LogP contribution in [0.5, 0.6) is 0 Å². The van der Waals surface area contributed by atoms with Crippen LogP contribution in [0, 0.1) is 0 Å². The number of benzene rings is 2. The Morgan fingerprint density at radius 2 is 1.00 bits per heavy atom. The topological polar surface area (TPSA) is 60.4 Å². The standard InChI is InChI=1S/C28H38O4/c1-25(2,3)15-13-16(26(4,5)6)22-17(14-15)31-23-18(27(7,8)9)20(29)21(30)19(24(23)32-22)28(10,11)12/h13-14H,1-12H3. The van der Waals surface area contributed by atoms with Crippen molar-refractivity contribution in [2.45, 2.75) is 105 Å². The quantitative estimate of drug-likeness (QED) is 0.279. The summed E-state index contributed by atoms with van der Waals surface area (Å²) in [7, 11) is 0. The van der Waals surface area contributed by atoms with Crippen LogP contribution in [0.1, 0.15) is 105 Å². The maximum atomic E-state index is 13.3. The van der Waals surface area contributed by atoms with E-state index < -0.39 is 21.7 Å². The van der Waals surface area contributed by atoms with Crippen molar-refractivity contribution in [2.24, 2.45) is 0 Å². The summed E-state index contributed by atoms with van der Waals surface area (Å²) < 4.78 is 13.1. The second-order valence-electron chi connectivity index (χ2n) is 13.1. The van der Waals surface area contributed by atoms with Gasteiger partial charge in [-0.15, -0.1) is 0 Å². The first-order valence-corrected chi connectivity index (χ1v) is 11.4. The Balaban J connectivity index is 2.70. The third-order valence-corrected chi connectivity index (χ3v) is 5.97. The van der Waals surface area contributed by atoms with E-state index in [1.54, 1.807) is 0 Å². The molecule has 0 radical (unpaired) electrons. The maximum Gasteiger partial charge on any atom is 0.233 e. The first kappa shape index (κ1) is 24.3. The van der Waals surface area contributed by atoms with Gasteiger partial charge in [-0.3, -0.25) is 9.59 Å². The van der Waals surface area contributed by atoms with Crippen LogP contribution < -0.4 is 10.9 Å². The Labute approximate surface area is 191 Å². The highest BCUT2D eigenvalue weighted by Crippen LogP contribution is 2.43. The normalized spacial score (nSPS) is 13.9. The molecule has 0 fully saturated rings. The van der Waals surface area contributed by atoms with Crippen LogP contribution in [-0.4, -0.2) is 0 Å². The molecule has 1 aliphatic heterocycles. The summed E-state index contributed by atoms with van der Waals surface area (Å²) in [6, 6.07) is 4.18. The van der Waals surface area contributed by atoms with Crippen molar-refractivity contribution in [2.75, 3.05) is 0 Å². The molecule has 1 aliphatic carbocycles. The minimum Gasteiger partial charge on any atom is -0.449 e. The molecular formula is C28H38O4. The number of hydrogen-bond acceptors (Lipinski definition) is 4. The van der Waals surface area contributed by atoms with Gasteiger partial charge in [-0.1, -0.05) is 89.2 Å². The molecule has 1 aromatic rings. The second kappa shape index (κ2) is 7.07. The lowest BCUT2D eigenvalue weighted by molar-refractivity contribution is 0.462. The first-order chi connectivity index (χ1) is 14.2. The summed E-state index contributed by atoms with van der Waals surface area (Å²) in [5.41, 5.74) is 1.64. The molecule has 1 heterocycles. The van der Waals surface area contributed by atoms with Crippen LogP contribution in [0.4, 0.5) is 0 Å². The van der Waals surface area contributed by atoms with Crippen LogP contribution in [0.25, 0.3) is 22.7 Å². The largest absolute Gasteiger partial charge is 0.449 e. The van der Waals surface area contributed by atoms with Gasteiger partial charge in [0.2, 0.25) is 10.9 Å². The molecule has 174 valence electrons. The molecule has 0 aromatic heterocycles. The van der Waals surface area contributed by atoms with E-state index in [-0.39, 0.29) is 10.8 Å². The monoisotopic (exact) mass is 438 g/mol. The molecule has 0 saturated heterocycles. The molecule has 0 spiro atoms. The van der Waals surface area contributed by atoms with Crippen molar-refractivity contribution in [1.82, 2.24) is 0 Å². The van der Waals surface area contributed by atoms with E-state index >= 15 is 0 Å². The predicted octanol–water partition coefficient (Wildman–Crippen LogP) is 7.04. The third kappa shape index (κ3) is 4.04. The minimum absolute atomic E-state index is 0.0926. The summed E-state index contributed by atoms with van der Waals surface area (Å²) in [5, 5.41) is 0. The second-order valence-corrected chi connectivity index (χ2v) is 13.1. The van der Waals surface area contributed by atoms with E-state index in [2.05, 4.69) is 47.6 Å². The van der Waals surface area contributed by atoms with Gasteiger partial charge in [0.1, 0.15) is 0 Å². The summed E-state index contributed by atoms with van der Waals surface area (Å²) >= 11 is 0. The number of hydrogen-bond donors (Lipinski definition) is 0. The summed E-state index contributed by atoms with van der Waals surface area (Å²) in [5.74, 6) is 0.763. The fraction of sp³-hybridized carbons (Fsp3) is 0.571. The lowest BCUT2D eigenvalue weighted by atomic mass is 9.78. The van der Waals surface area contributed by atoms with Gasteiger partial charge in [0.25, 0.3) is 0 Å². The van der Waals surface area contributed by atoms with E-state index in [1.807, 2.05) is 47.6 Å². The van der Waals surface area contributed by atoms with Gasteiger partial charge in [0.05, 0.1) is 11.1 Å². The predicted molar refractivity (Wildman–Crippen MR) is 132 cm³/mol. The Bertz CT molecular complexity index is 1270. The highest BCUT2D eigenvalue weighted by atomic mass is 16.4. The Hall–Kier alpha value is -2.36. The van der Waals surface area contributed by atoms with Gasteiger partial charge in [0, 0.05) is 5.56 Å². The van der Waals surface area contributed by atoms with Crippen LogP contribution in [0.2, 0.25) is 0 Å². The Kier molecular flexibility index (Phi) is 5.36. The molecule has 4 heteroatoms. The fourth-order valence-corrected chi connectivity index (χ4v) is 4.20. The first-order valence-electron chi connectivity index (χ1n) is 11.4. The van der Waals surface area contributed by atoms with Crippen LogP contribution in [0.3, 0.4) is 0 Å². The van der Waals surface area contributed by atoms with Crippen LogP contribution in [-0.2, 0) is 21.7 Å². The third-order valence-electron chi connectivity index (χ3n) is 5.97. The Morgan fingerprint density at radius 1 is 0.562 bits per heavy atom. The molecule has 2 aliphatic rings. The molecule has 0 saturated carbocycles. The number of fused-ring (bicyclic) bond motifs is 2. The van der Waals surface area contributed by atoms with Crippen molar-refractivity contribution >= 4 is 11.2 Å². The van der Waals surface area contributed by atoms with Crippen molar-refractivity contribution in [3.8, 4) is 11.5 Å². The van der Waals surface area contributed by atoms with Crippen LogP contribution in [0.15, 0.2) is 30.6 Å². The zero-order valence-corrected chi connectivity index (χ0v) is 21.8. The van der Waals surface area contributed by atoms with E-state index in [9.17, 15) is 9.59 Å². The SMILES string of the molecule is CC(C)(C)c1cc(C(C)(C)C)c2oc3c(C(C)(C)C)c(=O)c(=O)c(C(C)(C)C)c-3oc2c1. The zero-order valence-electron chi connectivity index (χ0n) is 21.8. The van der Waals surface area contributed by atoms with Crippen molar-refractivity contribution in [3.05, 3.63) is 54.8 Å². The molecule has 4 nitrogen and oxygen atoms in total. The average molecular weight is 439 g/mol. The number of rotatable bonds is 0. The smallest absolute Gasteiger partial charge is 0.233 e. The summed E-state index contributed by atoms with van der Waals surface area (Å²) in [4.78, 5) is 26.6. The molecule has 32 heavy (non-hydrogen) atoms. The molecular weight excluding hydrogens is 400 g/mol. The van der Waals surface area contributed by atoms with Crippen molar-refractivity contribution < 1.29 is 8.83 Å². The highest BCUT2D eigenvalue weighted by molar-refractivity contribution is 5.80. The van der Waals surface area contributed by atoms with E-state index in [1.165, 1.54) is 0 Å². The summed E-state index contributed by atoms with van der Waals surface area (Å²) in [6.45, 7) is 24.4. The van der Waals surface area contributed by atoms with Gasteiger partial charge in [-0.2, -0.15) is 0 Å². The van der Waals surface area contributed by atoms with Gasteiger partial charge in [0.15, 0.2) is 22.7 Å². The van der Waals surface area contributed by atoms with E-state index in [4.69, 9.17) is 8.83 Å². The zero-order chi connectivity index (χ0) is 24.6. The molecule has 0 amide bonds. The van der Waals surface area contributed by atoms with Crippen molar-refractivity contribution in [1.29, 1.82) is 0 Å². The molecule has 1 aromatic carbocycles. The fourth-order valence-electron chi connectivity index (χ4n) is 4.20. The molecule has 0 bridgehead atoms. The lowest BCUT2D eigenvalue weighted by Crippen LogP contribution is -2.40. The van der Waals surface area contributed by atoms with Crippen molar-refractivity contribution in [3.63, 3.8) is 0 Å². The van der Waals surface area contributed by atoms with Gasteiger partial charge < -0.3 is 8.83 Å². The summed E-state index contributed by atoms with van der Waals surface area (Å²) in [6.07, 6.45) is 0. The van der Waals surface area contributed by atoms with Gasteiger partial charge in [-0.05, 0) is 33.3 Å². The molecule has 0 atom stereocenters. The van der Waals surface area contributed by atoms with E-state index in [0.29, 0.717) is 33.8 Å². The maximum absolute atomic E-state index is 13.3. The van der Waals surface area contributed by atoms with Gasteiger partial charge >= 0.3 is 0 Å². The average Bonchev–Trinajstić information content (AvgIpc) is 2.56. The van der Waals surface area contributed by atoms with Crippen LogP contribution >= 0.6 is 0 Å². The molecule has 0 unspecified atom stereocenters. The highest BCUT2D eigenvalue weighted by Gasteiger charge is 2.37.